The molecule has 0 saturated heterocycles. The highest BCUT2D eigenvalue weighted by atomic mass is 32.2. The van der Waals surface area contributed by atoms with E-state index in [2.05, 4.69) is 19.5 Å². The molecule has 2 N–H and O–H groups in total. The predicted octanol–water partition coefficient (Wildman–Crippen LogP) is 4.22. The molecule has 3 aromatic heterocycles. The maximum Gasteiger partial charge on any atom is 0.298 e. The summed E-state index contributed by atoms with van der Waals surface area (Å²) in [5.74, 6) is -1.46. The molecule has 0 fully saturated rings. The number of imidazole rings is 1. The molecule has 0 spiro atoms. The number of nitrogens with zero attached hydrogens (tertiary/aromatic N) is 4. The van der Waals surface area contributed by atoms with Gasteiger partial charge in [-0.3, -0.25) is 13.8 Å². The Morgan fingerprint density at radius 3 is 2.43 bits per heavy atom. The fourth-order valence-corrected chi connectivity index (χ4v) is 4.39. The van der Waals surface area contributed by atoms with E-state index in [4.69, 9.17) is 0 Å². The van der Waals surface area contributed by atoms with Gasteiger partial charge in [-0.05, 0) is 53.6 Å². The number of nitrogens with one attached hydrogen (secondary N) is 2. The highest BCUT2D eigenvalue weighted by molar-refractivity contribution is 7.90. The van der Waals surface area contributed by atoms with Crippen LogP contribution in [-0.4, -0.2) is 34.6 Å². The van der Waals surface area contributed by atoms with Crippen molar-refractivity contribution in [3.8, 4) is 33.5 Å². The number of fused-ring (bicyclic) bond motifs is 1. The van der Waals surface area contributed by atoms with Crippen molar-refractivity contribution in [3.05, 3.63) is 85.0 Å². The zero-order valence-electron chi connectivity index (χ0n) is 18.7. The average Bonchev–Trinajstić information content (AvgIpc) is 3.44. The highest BCUT2D eigenvalue weighted by Crippen LogP contribution is 2.33. The van der Waals surface area contributed by atoms with Gasteiger partial charge in [-0.1, -0.05) is 0 Å². The van der Waals surface area contributed by atoms with Crippen LogP contribution in [-0.2, 0) is 17.3 Å². The lowest BCUT2D eigenvalue weighted by molar-refractivity contribution is 0.585. The van der Waals surface area contributed by atoms with E-state index >= 15 is 0 Å². The second-order valence-electron chi connectivity index (χ2n) is 7.92. The van der Waals surface area contributed by atoms with Crippen molar-refractivity contribution in [2.24, 2.45) is 7.05 Å². The minimum absolute atomic E-state index is 0.130. The van der Waals surface area contributed by atoms with Gasteiger partial charge in [0.25, 0.3) is 10.2 Å². The minimum Gasteiger partial charge on any atom is -0.300 e. The summed E-state index contributed by atoms with van der Waals surface area (Å²) >= 11 is 0. The van der Waals surface area contributed by atoms with Gasteiger partial charge in [0.15, 0.2) is 0 Å². The van der Waals surface area contributed by atoms with Gasteiger partial charge in [-0.15, -0.1) is 0 Å². The molecule has 0 radical (unpaired) electrons. The molecule has 0 aliphatic rings. The molecule has 0 bridgehead atoms. The van der Waals surface area contributed by atoms with E-state index < -0.39 is 21.8 Å². The van der Waals surface area contributed by atoms with Gasteiger partial charge >= 0.3 is 0 Å². The molecule has 0 aliphatic heterocycles. The Kier molecular flexibility index (Phi) is 5.58. The minimum atomic E-state index is -3.83. The van der Waals surface area contributed by atoms with E-state index in [9.17, 15) is 17.2 Å². The summed E-state index contributed by atoms with van der Waals surface area (Å²) in [5.41, 5.74) is 4.49. The number of anilines is 1. The molecule has 178 valence electrons. The summed E-state index contributed by atoms with van der Waals surface area (Å²) in [6.45, 7) is 0. The lowest BCUT2D eigenvalue weighted by Gasteiger charge is -2.13. The molecule has 2 aromatic carbocycles. The van der Waals surface area contributed by atoms with Crippen molar-refractivity contribution in [2.45, 2.75) is 0 Å². The smallest absolute Gasteiger partial charge is 0.298 e. The van der Waals surface area contributed by atoms with Gasteiger partial charge in [0.05, 0.1) is 23.8 Å². The number of halogens is 2. The first-order valence-corrected chi connectivity index (χ1v) is 12.0. The number of rotatable bonds is 6. The molecule has 3 heterocycles. The number of hydrogen-bond acceptors (Lipinski definition) is 4. The van der Waals surface area contributed by atoms with Crippen LogP contribution in [0.1, 0.15) is 0 Å². The number of aromatic nitrogens is 4. The summed E-state index contributed by atoms with van der Waals surface area (Å²) in [5, 5.41) is 4.20. The van der Waals surface area contributed by atoms with Crippen LogP contribution in [0.5, 0.6) is 0 Å². The number of aryl methyl sites for hydroxylation is 1. The van der Waals surface area contributed by atoms with Crippen molar-refractivity contribution in [3.63, 3.8) is 0 Å². The Morgan fingerprint density at radius 2 is 1.71 bits per heavy atom. The monoisotopic (exact) mass is 494 g/mol. The fraction of sp³-hybridized carbons (Fsp3) is 0.0833. The van der Waals surface area contributed by atoms with E-state index in [1.165, 1.54) is 19.2 Å². The molecule has 5 rings (SSSR count). The maximum absolute atomic E-state index is 14.6. The van der Waals surface area contributed by atoms with Gasteiger partial charge in [-0.25, -0.2) is 18.5 Å². The first-order chi connectivity index (χ1) is 16.7. The third-order valence-electron chi connectivity index (χ3n) is 5.54. The largest absolute Gasteiger partial charge is 0.300 e. The van der Waals surface area contributed by atoms with Crippen molar-refractivity contribution < 1.29 is 17.2 Å². The van der Waals surface area contributed by atoms with E-state index in [1.807, 2.05) is 36.0 Å². The van der Waals surface area contributed by atoms with E-state index in [1.54, 1.807) is 29.2 Å². The average molecular weight is 495 g/mol. The third kappa shape index (κ3) is 4.51. The number of benzene rings is 2. The van der Waals surface area contributed by atoms with Gasteiger partial charge in [0.1, 0.15) is 17.3 Å². The van der Waals surface area contributed by atoms with Crippen LogP contribution in [0.15, 0.2) is 73.3 Å². The van der Waals surface area contributed by atoms with Gasteiger partial charge in [0, 0.05) is 49.2 Å². The summed E-state index contributed by atoms with van der Waals surface area (Å²) in [6.07, 6.45) is 7.16. The lowest BCUT2D eigenvalue weighted by Crippen LogP contribution is -2.26. The third-order valence-corrected chi connectivity index (χ3v) is 6.59. The molecule has 0 atom stereocenters. The molecule has 0 aliphatic carbocycles. The topological polar surface area (TPSA) is 93.3 Å². The highest BCUT2D eigenvalue weighted by Gasteiger charge is 2.15. The molecule has 0 unspecified atom stereocenters. The lowest BCUT2D eigenvalue weighted by atomic mass is 10.00. The summed E-state index contributed by atoms with van der Waals surface area (Å²) in [6, 6.07) is 11.9. The first kappa shape index (κ1) is 22.7. The Hall–Kier alpha value is -4.09. The Morgan fingerprint density at radius 1 is 0.914 bits per heavy atom. The van der Waals surface area contributed by atoms with E-state index in [0.29, 0.717) is 22.5 Å². The van der Waals surface area contributed by atoms with Crippen LogP contribution in [0.2, 0.25) is 0 Å². The summed E-state index contributed by atoms with van der Waals surface area (Å²) < 4.78 is 60.5. The van der Waals surface area contributed by atoms with Gasteiger partial charge in [0.2, 0.25) is 0 Å². The molecule has 11 heteroatoms. The number of hydrogen-bond donors (Lipinski definition) is 2. The second-order valence-corrected chi connectivity index (χ2v) is 9.54. The predicted molar refractivity (Wildman–Crippen MR) is 130 cm³/mol. The van der Waals surface area contributed by atoms with Crippen LogP contribution in [0.3, 0.4) is 0 Å². The van der Waals surface area contributed by atoms with Crippen LogP contribution in [0, 0.1) is 11.6 Å². The summed E-state index contributed by atoms with van der Waals surface area (Å²) in [7, 11) is -0.720. The zero-order chi connectivity index (χ0) is 24.7. The number of pyridine rings is 1. The normalized spacial score (nSPS) is 11.8. The SMILES string of the molecule is CNS(=O)(=O)Nc1cc(-c2ccc(F)cc2F)cc(-c2cnc3cc(-c4cnn(C)c4)ccn23)c1. The molecule has 8 nitrogen and oxygen atoms in total. The Labute approximate surface area is 200 Å². The Bertz CT molecular complexity index is 1680. The van der Waals surface area contributed by atoms with Crippen LogP contribution >= 0.6 is 0 Å². The van der Waals surface area contributed by atoms with E-state index in [0.717, 1.165) is 23.3 Å². The van der Waals surface area contributed by atoms with Crippen molar-refractivity contribution >= 4 is 21.5 Å². The first-order valence-electron chi connectivity index (χ1n) is 10.5. The fourth-order valence-electron chi connectivity index (χ4n) is 3.86. The van der Waals surface area contributed by atoms with Gasteiger partial charge < -0.3 is 0 Å². The van der Waals surface area contributed by atoms with Crippen molar-refractivity contribution in [2.75, 3.05) is 11.8 Å². The quantitative estimate of drug-likeness (QED) is 0.370. The molecule has 35 heavy (non-hydrogen) atoms. The second kappa shape index (κ2) is 8.60. The molecule has 0 saturated carbocycles. The molecule has 5 aromatic rings. The van der Waals surface area contributed by atoms with Crippen molar-refractivity contribution in [1.82, 2.24) is 23.9 Å². The molecular weight excluding hydrogens is 474 g/mol. The van der Waals surface area contributed by atoms with Crippen molar-refractivity contribution in [1.29, 1.82) is 0 Å². The zero-order valence-corrected chi connectivity index (χ0v) is 19.5. The summed E-state index contributed by atoms with van der Waals surface area (Å²) in [4.78, 5) is 4.50. The van der Waals surface area contributed by atoms with Crippen LogP contribution < -0.4 is 9.44 Å². The standard InChI is InChI=1S/C24H20F2N6O2S/c1-27-35(33,34)30-20-8-16(21-4-3-19(25)11-22(21)26)7-17(9-20)23-13-28-24-10-15(5-6-32(23)24)18-12-29-31(2)14-18/h3-14,27,30H,1-2H3. The van der Waals surface area contributed by atoms with E-state index in [-0.39, 0.29) is 11.3 Å². The van der Waals surface area contributed by atoms with Crippen LogP contribution in [0.4, 0.5) is 14.5 Å². The van der Waals surface area contributed by atoms with Gasteiger partial charge in [-0.2, -0.15) is 13.5 Å². The van der Waals surface area contributed by atoms with Crippen LogP contribution in [0.25, 0.3) is 39.2 Å². The maximum atomic E-state index is 14.6. The molecule has 0 amide bonds. The molecular formula is C24H20F2N6O2S. The Balaban J connectivity index is 1.65.